The van der Waals surface area contributed by atoms with Crippen LogP contribution in [0, 0.1) is 11.6 Å². The Morgan fingerprint density at radius 3 is 2.38 bits per heavy atom. The Bertz CT molecular complexity index is 934. The van der Waals surface area contributed by atoms with E-state index < -0.39 is 0 Å². The molecule has 4 rings (SSSR count). The molecular formula is C21H24F2N6. The molecule has 0 N–H and O–H groups in total. The van der Waals surface area contributed by atoms with Crippen molar-refractivity contribution in [3.05, 3.63) is 71.6 Å². The van der Waals surface area contributed by atoms with Crippen LogP contribution >= 0.6 is 0 Å². The van der Waals surface area contributed by atoms with E-state index in [0.29, 0.717) is 12.2 Å². The number of hydrogen-bond acceptors (Lipinski definition) is 5. The lowest BCUT2D eigenvalue weighted by atomic mass is 10.1. The zero-order valence-corrected chi connectivity index (χ0v) is 16.4. The molecule has 1 aliphatic heterocycles. The molecule has 1 atom stereocenters. The zero-order valence-electron chi connectivity index (χ0n) is 16.4. The average molecular weight is 398 g/mol. The summed E-state index contributed by atoms with van der Waals surface area (Å²) in [7, 11) is 0. The second-order valence-corrected chi connectivity index (χ2v) is 7.22. The van der Waals surface area contributed by atoms with Gasteiger partial charge < -0.3 is 4.90 Å². The maximum Gasteiger partial charge on any atom is 0.168 e. The first-order valence-electron chi connectivity index (χ1n) is 9.89. The molecule has 0 amide bonds. The normalized spacial score (nSPS) is 16.2. The lowest BCUT2D eigenvalue weighted by Crippen LogP contribution is -2.48. The minimum absolute atomic E-state index is 0.0771. The van der Waals surface area contributed by atoms with Gasteiger partial charge in [-0.25, -0.2) is 13.5 Å². The second-order valence-electron chi connectivity index (χ2n) is 7.22. The predicted molar refractivity (Wildman–Crippen MR) is 107 cm³/mol. The topological polar surface area (TPSA) is 50.1 Å². The largest absolute Gasteiger partial charge is 0.367 e. The third kappa shape index (κ3) is 4.27. The number of piperazine rings is 1. The second kappa shape index (κ2) is 8.65. The van der Waals surface area contributed by atoms with Gasteiger partial charge in [0.05, 0.1) is 18.3 Å². The fraction of sp³-hybridized carbons (Fsp3) is 0.381. The monoisotopic (exact) mass is 398 g/mol. The molecule has 152 valence electrons. The smallest absolute Gasteiger partial charge is 0.168 e. The molecule has 2 aromatic carbocycles. The summed E-state index contributed by atoms with van der Waals surface area (Å²) >= 11 is 0. The average Bonchev–Trinajstić information content (AvgIpc) is 3.19. The van der Waals surface area contributed by atoms with Gasteiger partial charge in [-0.2, -0.15) is 0 Å². The van der Waals surface area contributed by atoms with Crippen molar-refractivity contribution >= 4 is 5.69 Å². The third-order valence-electron chi connectivity index (χ3n) is 5.44. The molecule has 0 saturated carbocycles. The van der Waals surface area contributed by atoms with Gasteiger partial charge in [0.15, 0.2) is 5.82 Å². The van der Waals surface area contributed by atoms with E-state index in [9.17, 15) is 8.78 Å². The minimum atomic E-state index is -0.259. The summed E-state index contributed by atoms with van der Waals surface area (Å²) < 4.78 is 29.0. The van der Waals surface area contributed by atoms with E-state index in [0.717, 1.165) is 44.0 Å². The van der Waals surface area contributed by atoms with Crippen LogP contribution in [0.3, 0.4) is 0 Å². The van der Waals surface area contributed by atoms with Gasteiger partial charge in [-0.1, -0.05) is 31.2 Å². The number of anilines is 1. The number of halogens is 2. The highest BCUT2D eigenvalue weighted by atomic mass is 19.1. The molecule has 1 fully saturated rings. The number of benzene rings is 2. The quantitative estimate of drug-likeness (QED) is 0.638. The molecule has 3 aromatic rings. The summed E-state index contributed by atoms with van der Waals surface area (Å²) in [4.78, 5) is 4.43. The van der Waals surface area contributed by atoms with Crippen molar-refractivity contribution < 1.29 is 8.78 Å². The zero-order chi connectivity index (χ0) is 20.2. The summed E-state index contributed by atoms with van der Waals surface area (Å²) in [5.74, 6) is 0.359. The van der Waals surface area contributed by atoms with Gasteiger partial charge in [0.1, 0.15) is 11.6 Å². The van der Waals surface area contributed by atoms with E-state index >= 15 is 0 Å². The molecule has 29 heavy (non-hydrogen) atoms. The molecule has 8 heteroatoms. The number of para-hydroxylation sites is 1. The van der Waals surface area contributed by atoms with Gasteiger partial charge in [0, 0.05) is 26.2 Å². The van der Waals surface area contributed by atoms with Crippen LogP contribution in [-0.4, -0.2) is 51.3 Å². The highest BCUT2D eigenvalue weighted by Crippen LogP contribution is 2.26. The molecule has 1 aliphatic rings. The van der Waals surface area contributed by atoms with Crippen LogP contribution in [0.5, 0.6) is 0 Å². The fourth-order valence-electron chi connectivity index (χ4n) is 3.91. The van der Waals surface area contributed by atoms with Crippen LogP contribution in [0.4, 0.5) is 14.5 Å². The molecule has 0 aliphatic carbocycles. The highest BCUT2D eigenvalue weighted by Gasteiger charge is 2.28. The molecule has 0 spiro atoms. The molecule has 1 saturated heterocycles. The van der Waals surface area contributed by atoms with E-state index in [1.807, 2.05) is 12.1 Å². The van der Waals surface area contributed by atoms with Crippen LogP contribution in [0.15, 0.2) is 48.5 Å². The summed E-state index contributed by atoms with van der Waals surface area (Å²) in [6, 6.07) is 13.4. The summed E-state index contributed by atoms with van der Waals surface area (Å²) in [5.41, 5.74) is 1.60. The van der Waals surface area contributed by atoms with Crippen molar-refractivity contribution in [2.24, 2.45) is 0 Å². The van der Waals surface area contributed by atoms with E-state index in [-0.39, 0.29) is 17.7 Å². The van der Waals surface area contributed by atoms with Crippen molar-refractivity contribution in [2.75, 3.05) is 31.1 Å². The lowest BCUT2D eigenvalue weighted by molar-refractivity contribution is 0.169. The van der Waals surface area contributed by atoms with Crippen molar-refractivity contribution in [1.82, 2.24) is 25.1 Å². The number of rotatable bonds is 6. The fourth-order valence-corrected chi connectivity index (χ4v) is 3.91. The van der Waals surface area contributed by atoms with Gasteiger partial charge >= 0.3 is 0 Å². The van der Waals surface area contributed by atoms with Crippen molar-refractivity contribution in [2.45, 2.75) is 25.9 Å². The summed E-state index contributed by atoms with van der Waals surface area (Å²) in [6.07, 6.45) is 0.865. The minimum Gasteiger partial charge on any atom is -0.367 e. The Labute approximate surface area is 168 Å². The summed E-state index contributed by atoms with van der Waals surface area (Å²) in [6.45, 7) is 5.71. The van der Waals surface area contributed by atoms with E-state index in [4.69, 9.17) is 0 Å². The summed E-state index contributed by atoms with van der Waals surface area (Å²) in [5, 5.41) is 12.3. The number of tetrazole rings is 1. The Morgan fingerprint density at radius 2 is 1.69 bits per heavy atom. The molecule has 6 nitrogen and oxygen atoms in total. The van der Waals surface area contributed by atoms with Gasteiger partial charge in [-0.05, 0) is 46.7 Å². The van der Waals surface area contributed by atoms with E-state index in [1.54, 1.807) is 22.9 Å². The predicted octanol–water partition coefficient (Wildman–Crippen LogP) is 3.27. The van der Waals surface area contributed by atoms with Crippen molar-refractivity contribution in [3.8, 4) is 0 Å². The number of nitrogens with zero attached hydrogens (tertiary/aromatic N) is 6. The van der Waals surface area contributed by atoms with Crippen LogP contribution in [0.1, 0.15) is 30.8 Å². The number of aromatic nitrogens is 4. The first kappa shape index (κ1) is 19.4. The van der Waals surface area contributed by atoms with Crippen LogP contribution < -0.4 is 4.90 Å². The van der Waals surface area contributed by atoms with Crippen molar-refractivity contribution in [3.63, 3.8) is 0 Å². The molecule has 2 heterocycles. The number of hydrogen-bond donors (Lipinski definition) is 0. The standard InChI is InChI=1S/C21H24F2N6/c1-2-19(21-24-25-26-29(21)15-16-7-9-17(22)10-8-16)27-11-13-28(14-12-27)20-6-4-3-5-18(20)23/h3-10,19H,2,11-15H2,1H3. The molecule has 1 aromatic heterocycles. The van der Waals surface area contributed by atoms with Gasteiger partial charge in [-0.15, -0.1) is 5.10 Å². The Hall–Kier alpha value is -2.87. The SMILES string of the molecule is CCC(c1nnnn1Cc1ccc(F)cc1)N1CCN(c2ccccc2F)CC1. The molecule has 1 unspecified atom stereocenters. The maximum atomic E-state index is 14.1. The van der Waals surface area contributed by atoms with E-state index in [1.165, 1.54) is 18.2 Å². The van der Waals surface area contributed by atoms with Crippen LogP contribution in [-0.2, 0) is 6.54 Å². The van der Waals surface area contributed by atoms with Crippen molar-refractivity contribution in [1.29, 1.82) is 0 Å². The van der Waals surface area contributed by atoms with E-state index in [2.05, 4.69) is 32.2 Å². The third-order valence-corrected chi connectivity index (χ3v) is 5.44. The first-order chi connectivity index (χ1) is 14.2. The highest BCUT2D eigenvalue weighted by molar-refractivity contribution is 5.48. The first-order valence-corrected chi connectivity index (χ1v) is 9.89. The van der Waals surface area contributed by atoms with Gasteiger partial charge in [0.2, 0.25) is 0 Å². The lowest BCUT2D eigenvalue weighted by Gasteiger charge is -2.39. The van der Waals surface area contributed by atoms with Crippen LogP contribution in [0.2, 0.25) is 0 Å². The van der Waals surface area contributed by atoms with Crippen LogP contribution in [0.25, 0.3) is 0 Å². The Balaban J connectivity index is 1.46. The Kier molecular flexibility index (Phi) is 5.80. The molecule has 0 bridgehead atoms. The Morgan fingerprint density at radius 1 is 0.966 bits per heavy atom. The molecule has 0 radical (unpaired) electrons. The van der Waals surface area contributed by atoms with Gasteiger partial charge in [0.25, 0.3) is 0 Å². The molecular weight excluding hydrogens is 374 g/mol. The van der Waals surface area contributed by atoms with Gasteiger partial charge in [-0.3, -0.25) is 4.90 Å². The maximum absolute atomic E-state index is 14.1.